The second kappa shape index (κ2) is 7.30. The smallest absolute Gasteiger partial charge is 0.241 e. The van der Waals surface area contributed by atoms with Crippen molar-refractivity contribution < 1.29 is 13.2 Å². The van der Waals surface area contributed by atoms with E-state index in [9.17, 15) is 8.42 Å². The third-order valence-corrected chi connectivity index (χ3v) is 5.91. The molecule has 0 amide bonds. The molecule has 0 unspecified atom stereocenters. The maximum Gasteiger partial charge on any atom is 0.241 e. The van der Waals surface area contributed by atoms with Crippen LogP contribution in [0.3, 0.4) is 0 Å². The molecule has 130 valence electrons. The van der Waals surface area contributed by atoms with Gasteiger partial charge in [-0.1, -0.05) is 6.07 Å². The molecule has 0 aliphatic heterocycles. The zero-order valence-corrected chi connectivity index (χ0v) is 15.4. The molecule has 0 saturated heterocycles. The molecule has 3 rings (SSSR count). The van der Waals surface area contributed by atoms with Crippen molar-refractivity contribution in [1.29, 1.82) is 0 Å². The lowest BCUT2D eigenvalue weighted by molar-refractivity contribution is 0.413. The number of thiophene rings is 1. The predicted octanol–water partition coefficient (Wildman–Crippen LogP) is 3.00. The van der Waals surface area contributed by atoms with Gasteiger partial charge in [0.05, 0.1) is 29.9 Å². The standard InChI is InChI=1S/C17H17N3O3S2/c1-12-3-4-14(23-2)9-16(12)25(21,22)20-10-15-17(19-7-6-18-15)13-5-8-24-11-13/h3-9,11,20H,10H2,1-2H3. The zero-order chi connectivity index (χ0) is 17.9. The average molecular weight is 375 g/mol. The molecule has 0 aliphatic carbocycles. The van der Waals surface area contributed by atoms with Crippen LogP contribution in [0, 0.1) is 6.92 Å². The summed E-state index contributed by atoms with van der Waals surface area (Å²) in [6.45, 7) is 1.80. The van der Waals surface area contributed by atoms with E-state index >= 15 is 0 Å². The second-order valence-corrected chi connectivity index (χ2v) is 7.84. The van der Waals surface area contributed by atoms with E-state index in [0.29, 0.717) is 22.7 Å². The van der Waals surface area contributed by atoms with E-state index in [1.807, 2.05) is 16.8 Å². The van der Waals surface area contributed by atoms with Crippen LogP contribution in [0.4, 0.5) is 0 Å². The Kier molecular flexibility index (Phi) is 5.12. The predicted molar refractivity (Wildman–Crippen MR) is 97.1 cm³/mol. The summed E-state index contributed by atoms with van der Waals surface area (Å²) in [6, 6.07) is 6.88. The van der Waals surface area contributed by atoms with Gasteiger partial charge in [0.15, 0.2) is 0 Å². The van der Waals surface area contributed by atoms with Crippen LogP contribution < -0.4 is 9.46 Å². The lowest BCUT2D eigenvalue weighted by Gasteiger charge is -2.12. The van der Waals surface area contributed by atoms with E-state index in [1.54, 1.807) is 42.8 Å². The quantitative estimate of drug-likeness (QED) is 0.716. The van der Waals surface area contributed by atoms with Gasteiger partial charge in [0.25, 0.3) is 0 Å². The van der Waals surface area contributed by atoms with Gasteiger partial charge in [-0.3, -0.25) is 9.97 Å². The van der Waals surface area contributed by atoms with Gasteiger partial charge >= 0.3 is 0 Å². The van der Waals surface area contributed by atoms with Crippen LogP contribution in [0.25, 0.3) is 11.3 Å². The summed E-state index contributed by atoms with van der Waals surface area (Å²) in [6.07, 6.45) is 3.15. The van der Waals surface area contributed by atoms with Gasteiger partial charge in [-0.25, -0.2) is 13.1 Å². The fourth-order valence-corrected chi connectivity index (χ4v) is 4.26. The summed E-state index contributed by atoms with van der Waals surface area (Å²) in [4.78, 5) is 8.79. The minimum Gasteiger partial charge on any atom is -0.497 e. The first-order valence-corrected chi connectivity index (χ1v) is 9.90. The molecule has 0 fully saturated rings. The summed E-state index contributed by atoms with van der Waals surface area (Å²) in [5.74, 6) is 0.490. The molecule has 0 bridgehead atoms. The number of hydrogen-bond acceptors (Lipinski definition) is 6. The van der Waals surface area contributed by atoms with Gasteiger partial charge in [0, 0.05) is 29.4 Å². The number of aromatic nitrogens is 2. The minimum absolute atomic E-state index is 0.0536. The van der Waals surface area contributed by atoms with Gasteiger partial charge in [-0.05, 0) is 30.0 Å². The molecule has 2 aromatic heterocycles. The van der Waals surface area contributed by atoms with E-state index in [2.05, 4.69) is 14.7 Å². The molecule has 25 heavy (non-hydrogen) atoms. The van der Waals surface area contributed by atoms with E-state index in [0.717, 1.165) is 5.56 Å². The molecule has 3 aromatic rings. The Bertz CT molecular complexity index is 971. The largest absolute Gasteiger partial charge is 0.497 e. The number of methoxy groups -OCH3 is 1. The van der Waals surface area contributed by atoms with E-state index in [1.165, 1.54) is 13.2 Å². The summed E-state index contributed by atoms with van der Waals surface area (Å²) in [7, 11) is -2.20. The van der Waals surface area contributed by atoms with Crippen molar-refractivity contribution in [3.05, 3.63) is 58.7 Å². The van der Waals surface area contributed by atoms with Crippen molar-refractivity contribution in [2.75, 3.05) is 7.11 Å². The van der Waals surface area contributed by atoms with Crippen LogP contribution in [-0.2, 0) is 16.6 Å². The summed E-state index contributed by atoms with van der Waals surface area (Å²) >= 11 is 1.55. The zero-order valence-electron chi connectivity index (χ0n) is 13.8. The first-order chi connectivity index (χ1) is 12.0. The van der Waals surface area contributed by atoms with Crippen LogP contribution in [-0.4, -0.2) is 25.5 Å². The highest BCUT2D eigenvalue weighted by atomic mass is 32.2. The third kappa shape index (κ3) is 3.87. The molecule has 6 nitrogen and oxygen atoms in total. The molecule has 0 radical (unpaired) electrons. The van der Waals surface area contributed by atoms with E-state index < -0.39 is 10.0 Å². The van der Waals surface area contributed by atoms with E-state index in [4.69, 9.17) is 4.74 Å². The van der Waals surface area contributed by atoms with Gasteiger partial charge in [0.2, 0.25) is 10.0 Å². The van der Waals surface area contributed by atoms with Crippen molar-refractivity contribution in [2.45, 2.75) is 18.4 Å². The maximum absolute atomic E-state index is 12.7. The lowest BCUT2D eigenvalue weighted by Crippen LogP contribution is -2.25. The number of benzene rings is 1. The van der Waals surface area contributed by atoms with Crippen molar-refractivity contribution in [1.82, 2.24) is 14.7 Å². The molecule has 0 aliphatic rings. The lowest BCUT2D eigenvalue weighted by atomic mass is 10.2. The number of hydrogen-bond donors (Lipinski definition) is 1. The SMILES string of the molecule is COc1ccc(C)c(S(=O)(=O)NCc2nccnc2-c2ccsc2)c1. The highest BCUT2D eigenvalue weighted by Crippen LogP contribution is 2.24. The van der Waals surface area contributed by atoms with Crippen molar-refractivity contribution in [3.63, 3.8) is 0 Å². The fraction of sp³-hybridized carbons (Fsp3) is 0.176. The Balaban J connectivity index is 1.87. The molecular formula is C17H17N3O3S2. The monoisotopic (exact) mass is 375 g/mol. The molecule has 2 heterocycles. The number of ether oxygens (including phenoxy) is 1. The molecule has 0 spiro atoms. The van der Waals surface area contributed by atoms with Crippen LogP contribution in [0.5, 0.6) is 5.75 Å². The van der Waals surface area contributed by atoms with Crippen molar-refractivity contribution >= 4 is 21.4 Å². The van der Waals surface area contributed by atoms with Gasteiger partial charge in [0.1, 0.15) is 5.75 Å². The summed E-state index contributed by atoms with van der Waals surface area (Å²) in [5, 5.41) is 3.89. The molecule has 8 heteroatoms. The number of nitrogens with one attached hydrogen (secondary N) is 1. The minimum atomic E-state index is -3.70. The topological polar surface area (TPSA) is 81.2 Å². The molecule has 0 atom stereocenters. The fourth-order valence-electron chi connectivity index (χ4n) is 2.37. The number of aryl methyl sites for hydroxylation is 1. The number of sulfonamides is 1. The van der Waals surface area contributed by atoms with Crippen LogP contribution in [0.15, 0.2) is 52.3 Å². The van der Waals surface area contributed by atoms with Crippen LogP contribution >= 0.6 is 11.3 Å². The van der Waals surface area contributed by atoms with Gasteiger partial charge in [-0.15, -0.1) is 0 Å². The van der Waals surface area contributed by atoms with Gasteiger partial charge < -0.3 is 4.74 Å². The number of rotatable bonds is 6. The Morgan fingerprint density at radius 3 is 2.72 bits per heavy atom. The normalized spacial score (nSPS) is 11.4. The Hall–Kier alpha value is -2.29. The Morgan fingerprint density at radius 1 is 1.20 bits per heavy atom. The summed E-state index contributed by atoms with van der Waals surface area (Å²) in [5.41, 5.74) is 2.81. The first kappa shape index (κ1) is 17.5. The number of nitrogens with zero attached hydrogens (tertiary/aromatic N) is 2. The van der Waals surface area contributed by atoms with Crippen LogP contribution in [0.1, 0.15) is 11.3 Å². The molecule has 0 saturated carbocycles. The van der Waals surface area contributed by atoms with E-state index in [-0.39, 0.29) is 11.4 Å². The highest BCUT2D eigenvalue weighted by molar-refractivity contribution is 7.89. The maximum atomic E-state index is 12.7. The van der Waals surface area contributed by atoms with Crippen LogP contribution in [0.2, 0.25) is 0 Å². The van der Waals surface area contributed by atoms with Crippen molar-refractivity contribution in [2.24, 2.45) is 0 Å². The first-order valence-electron chi connectivity index (χ1n) is 7.48. The third-order valence-electron chi connectivity index (χ3n) is 3.68. The Labute approximate surface area is 150 Å². The Morgan fingerprint density at radius 2 is 2.00 bits per heavy atom. The average Bonchev–Trinajstić information content (AvgIpc) is 3.15. The molecular weight excluding hydrogens is 358 g/mol. The highest BCUT2D eigenvalue weighted by Gasteiger charge is 2.19. The molecule has 1 aromatic carbocycles. The van der Waals surface area contributed by atoms with Crippen molar-refractivity contribution in [3.8, 4) is 17.0 Å². The van der Waals surface area contributed by atoms with Gasteiger partial charge in [-0.2, -0.15) is 11.3 Å². The molecule has 1 N–H and O–H groups in total. The second-order valence-electron chi connectivity index (χ2n) is 5.32. The summed E-state index contributed by atoms with van der Waals surface area (Å²) < 4.78 is 33.1.